The van der Waals surface area contributed by atoms with Crippen LogP contribution in [0.25, 0.3) is 22.0 Å². The van der Waals surface area contributed by atoms with E-state index < -0.39 is 17.6 Å². The summed E-state index contributed by atoms with van der Waals surface area (Å²) in [5.41, 5.74) is 0.511. The van der Waals surface area contributed by atoms with Gasteiger partial charge in [-0.25, -0.2) is 4.39 Å². The van der Waals surface area contributed by atoms with Crippen LogP contribution in [-0.4, -0.2) is 21.9 Å². The normalized spacial score (nSPS) is 11.5. The molecule has 1 aromatic heterocycles. The number of hydrogen-bond acceptors (Lipinski definition) is 4. The van der Waals surface area contributed by atoms with E-state index in [2.05, 4.69) is 15.5 Å². The van der Waals surface area contributed by atoms with Crippen LogP contribution in [0.15, 0.2) is 77.8 Å². The molecule has 4 aromatic rings. The number of thioether (sulfide) groups is 1. The van der Waals surface area contributed by atoms with Gasteiger partial charge in [0.2, 0.25) is 5.91 Å². The third kappa shape index (κ3) is 4.88. The number of hydrogen-bond donors (Lipinski definition) is 1. The molecule has 0 unspecified atom stereocenters. The Balaban J connectivity index is 1.52. The van der Waals surface area contributed by atoms with Crippen LogP contribution in [0.2, 0.25) is 0 Å². The topological polar surface area (TPSA) is 54.9 Å². The van der Waals surface area contributed by atoms with Gasteiger partial charge >= 0.3 is 6.18 Å². The van der Waals surface area contributed by atoms with E-state index in [1.165, 1.54) is 24.3 Å². The molecule has 0 spiro atoms. The quantitative estimate of drug-likeness (QED) is 0.287. The molecule has 0 aliphatic heterocycles. The number of benzene rings is 3. The third-order valence-electron chi connectivity index (χ3n) is 4.58. The fourth-order valence-electron chi connectivity index (χ4n) is 3.11. The molecule has 1 heterocycles. The summed E-state index contributed by atoms with van der Waals surface area (Å²) < 4.78 is 51.8. The Labute approximate surface area is 184 Å². The highest BCUT2D eigenvalue weighted by atomic mass is 32.2. The van der Waals surface area contributed by atoms with Gasteiger partial charge < -0.3 is 5.32 Å². The first-order valence-electron chi connectivity index (χ1n) is 9.42. The largest absolute Gasteiger partial charge is 0.416 e. The Bertz CT molecular complexity index is 1280. The van der Waals surface area contributed by atoms with E-state index in [1.54, 1.807) is 12.1 Å². The zero-order valence-corrected chi connectivity index (χ0v) is 17.2. The zero-order chi connectivity index (χ0) is 22.7. The number of halogens is 4. The number of carbonyl (C=O) groups is 1. The van der Waals surface area contributed by atoms with E-state index in [9.17, 15) is 22.4 Å². The molecule has 4 rings (SSSR count). The predicted molar refractivity (Wildman–Crippen MR) is 116 cm³/mol. The first-order chi connectivity index (χ1) is 15.3. The summed E-state index contributed by atoms with van der Waals surface area (Å²) in [6.45, 7) is 0. The van der Waals surface area contributed by atoms with Crippen LogP contribution in [0.5, 0.6) is 0 Å². The summed E-state index contributed by atoms with van der Waals surface area (Å²) in [6.07, 6.45) is -4.49. The number of anilines is 1. The Morgan fingerprint density at radius 3 is 2.34 bits per heavy atom. The lowest BCUT2D eigenvalue weighted by Gasteiger charge is -2.11. The molecule has 0 aliphatic carbocycles. The molecule has 0 saturated heterocycles. The van der Waals surface area contributed by atoms with Gasteiger partial charge in [0.1, 0.15) is 16.5 Å². The molecule has 162 valence electrons. The number of amides is 1. The molecule has 0 fully saturated rings. The Hall–Kier alpha value is -3.46. The van der Waals surface area contributed by atoms with Crippen molar-refractivity contribution < 1.29 is 22.4 Å². The monoisotopic (exact) mass is 457 g/mol. The molecule has 4 nitrogen and oxygen atoms in total. The minimum absolute atomic E-state index is 0.0630. The Morgan fingerprint density at radius 1 is 0.906 bits per heavy atom. The number of aromatic nitrogens is 2. The van der Waals surface area contributed by atoms with Crippen molar-refractivity contribution in [3.63, 3.8) is 0 Å². The highest BCUT2D eigenvalue weighted by Crippen LogP contribution is 2.33. The van der Waals surface area contributed by atoms with Gasteiger partial charge in [-0.15, -0.1) is 10.2 Å². The number of nitrogens with zero attached hydrogens (tertiary/aromatic N) is 2. The molecule has 32 heavy (non-hydrogen) atoms. The Kier molecular flexibility index (Phi) is 6.09. The summed E-state index contributed by atoms with van der Waals surface area (Å²) in [5, 5.41) is 13.0. The fourth-order valence-corrected chi connectivity index (χ4v) is 3.88. The molecule has 0 bridgehead atoms. The van der Waals surface area contributed by atoms with Crippen LogP contribution in [0.3, 0.4) is 0 Å². The van der Waals surface area contributed by atoms with Gasteiger partial charge in [-0.1, -0.05) is 42.1 Å². The van der Waals surface area contributed by atoms with E-state index in [4.69, 9.17) is 0 Å². The average molecular weight is 457 g/mol. The second-order valence-corrected chi connectivity index (χ2v) is 7.79. The molecular formula is C23H15F4N3OS. The maximum atomic E-state index is 13.3. The van der Waals surface area contributed by atoms with Gasteiger partial charge in [-0.05, 0) is 42.5 Å². The van der Waals surface area contributed by atoms with E-state index in [-0.39, 0.29) is 17.3 Å². The maximum absolute atomic E-state index is 13.3. The number of fused-ring (bicyclic) bond motifs is 1. The van der Waals surface area contributed by atoms with E-state index >= 15 is 0 Å². The minimum Gasteiger partial charge on any atom is -0.325 e. The van der Waals surface area contributed by atoms with Crippen LogP contribution in [0.1, 0.15) is 5.56 Å². The maximum Gasteiger partial charge on any atom is 0.416 e. The lowest BCUT2D eigenvalue weighted by Crippen LogP contribution is -2.15. The number of alkyl halides is 3. The van der Waals surface area contributed by atoms with Crippen LogP contribution in [-0.2, 0) is 11.0 Å². The van der Waals surface area contributed by atoms with Crippen molar-refractivity contribution in [1.82, 2.24) is 10.2 Å². The minimum atomic E-state index is -4.49. The summed E-state index contributed by atoms with van der Waals surface area (Å²) in [6, 6.07) is 17.7. The first kappa shape index (κ1) is 21.8. The number of rotatable bonds is 5. The summed E-state index contributed by atoms with van der Waals surface area (Å²) in [5.74, 6) is -0.891. The number of nitrogens with one attached hydrogen (secondary N) is 1. The van der Waals surface area contributed by atoms with Gasteiger partial charge in [0.05, 0.1) is 11.3 Å². The van der Waals surface area contributed by atoms with Gasteiger partial charge in [-0.2, -0.15) is 13.2 Å². The van der Waals surface area contributed by atoms with Crippen molar-refractivity contribution in [2.75, 3.05) is 11.1 Å². The van der Waals surface area contributed by atoms with Gasteiger partial charge in [0.15, 0.2) is 0 Å². The average Bonchev–Trinajstić information content (AvgIpc) is 2.78. The predicted octanol–water partition coefficient (Wildman–Crippen LogP) is 6.19. The SMILES string of the molecule is O=C(CSc1nnc(-c2ccc(F)cc2)c2ccccc12)Nc1cccc(C(F)(F)F)c1. The second kappa shape index (κ2) is 8.96. The van der Waals surface area contributed by atoms with Crippen LogP contribution in [0, 0.1) is 5.82 Å². The van der Waals surface area contributed by atoms with Crippen LogP contribution >= 0.6 is 11.8 Å². The summed E-state index contributed by atoms with van der Waals surface area (Å²) in [7, 11) is 0. The molecular weight excluding hydrogens is 442 g/mol. The van der Waals surface area contributed by atoms with Crippen molar-refractivity contribution in [2.24, 2.45) is 0 Å². The van der Waals surface area contributed by atoms with Gasteiger partial charge in [-0.3, -0.25) is 4.79 Å². The van der Waals surface area contributed by atoms with Crippen LogP contribution < -0.4 is 5.32 Å². The van der Waals surface area contributed by atoms with E-state index in [1.807, 2.05) is 24.3 Å². The summed E-state index contributed by atoms with van der Waals surface area (Å²) >= 11 is 1.13. The van der Waals surface area contributed by atoms with Gasteiger partial charge in [0, 0.05) is 22.0 Å². The molecule has 0 aliphatic rings. The summed E-state index contributed by atoms with van der Waals surface area (Å²) in [4.78, 5) is 12.3. The van der Waals surface area contributed by atoms with Crippen molar-refractivity contribution in [3.05, 3.63) is 84.2 Å². The van der Waals surface area contributed by atoms with Crippen molar-refractivity contribution in [2.45, 2.75) is 11.2 Å². The lowest BCUT2D eigenvalue weighted by atomic mass is 10.1. The highest BCUT2D eigenvalue weighted by molar-refractivity contribution is 8.00. The molecule has 0 saturated carbocycles. The molecule has 0 atom stereocenters. The van der Waals surface area contributed by atoms with Crippen molar-refractivity contribution >= 4 is 34.1 Å². The van der Waals surface area contributed by atoms with Crippen LogP contribution in [0.4, 0.5) is 23.2 Å². The van der Waals surface area contributed by atoms with Crippen molar-refractivity contribution in [3.8, 4) is 11.3 Å². The Morgan fingerprint density at radius 2 is 1.62 bits per heavy atom. The third-order valence-corrected chi connectivity index (χ3v) is 5.57. The molecule has 1 N–H and O–H groups in total. The van der Waals surface area contributed by atoms with Gasteiger partial charge in [0.25, 0.3) is 0 Å². The lowest BCUT2D eigenvalue weighted by molar-refractivity contribution is -0.137. The molecule has 1 amide bonds. The smallest absolute Gasteiger partial charge is 0.325 e. The first-order valence-corrected chi connectivity index (χ1v) is 10.4. The fraction of sp³-hybridized carbons (Fsp3) is 0.0870. The molecule has 9 heteroatoms. The molecule has 3 aromatic carbocycles. The molecule has 0 radical (unpaired) electrons. The zero-order valence-electron chi connectivity index (χ0n) is 16.4. The van der Waals surface area contributed by atoms with E-state index in [0.29, 0.717) is 16.3 Å². The van der Waals surface area contributed by atoms with E-state index in [0.717, 1.165) is 34.7 Å². The standard InChI is InChI=1S/C23H15F4N3OS/c24-16-10-8-14(9-11-16)21-18-6-1-2-7-19(18)22(30-29-21)32-13-20(31)28-17-5-3-4-15(12-17)23(25,26)27/h1-12H,13H2,(H,28,31). The number of carbonyl (C=O) groups excluding carboxylic acids is 1. The highest BCUT2D eigenvalue weighted by Gasteiger charge is 2.30. The van der Waals surface area contributed by atoms with Crippen molar-refractivity contribution in [1.29, 1.82) is 0 Å². The second-order valence-electron chi connectivity index (χ2n) is 6.82.